The van der Waals surface area contributed by atoms with E-state index in [0.29, 0.717) is 0 Å². The molecular weight excluding hydrogens is 212 g/mol. The molecule has 0 spiro atoms. The van der Waals surface area contributed by atoms with E-state index >= 15 is 0 Å². The molecule has 3 nitrogen and oxygen atoms in total. The molecule has 0 aliphatic heterocycles. The lowest BCUT2D eigenvalue weighted by Crippen LogP contribution is -2.38. The van der Waals surface area contributed by atoms with E-state index in [0.717, 1.165) is 37.9 Å². The van der Waals surface area contributed by atoms with Crippen LogP contribution in [0.25, 0.3) is 0 Å². The fourth-order valence-electron chi connectivity index (χ4n) is 2.77. The molecule has 3 heteroatoms. The molecule has 2 rings (SSSR count). The van der Waals surface area contributed by atoms with Crippen LogP contribution in [0.1, 0.15) is 43.4 Å². The van der Waals surface area contributed by atoms with Crippen LogP contribution < -0.4 is 5.32 Å². The number of nitrogens with zero attached hydrogens (tertiary/aromatic N) is 1. The van der Waals surface area contributed by atoms with E-state index in [-0.39, 0.29) is 5.92 Å². The number of hydrogen-bond donors (Lipinski definition) is 2. The molecule has 0 saturated carbocycles. The second-order valence-electron chi connectivity index (χ2n) is 5.20. The second-order valence-corrected chi connectivity index (χ2v) is 5.20. The maximum absolute atomic E-state index is 10.6. The third-order valence-electron chi connectivity index (χ3n) is 3.83. The molecule has 1 aromatic rings. The molecule has 1 heterocycles. The Labute approximate surface area is 103 Å². The normalized spacial score (nSPS) is 22.9. The van der Waals surface area contributed by atoms with Crippen molar-refractivity contribution < 1.29 is 5.11 Å². The van der Waals surface area contributed by atoms with Crippen LogP contribution in [-0.4, -0.2) is 29.3 Å². The third kappa shape index (κ3) is 2.67. The largest absolute Gasteiger partial charge is 0.389 e. The minimum absolute atomic E-state index is 0.181. The molecule has 0 bridgehead atoms. The lowest BCUT2D eigenvalue weighted by Gasteiger charge is -2.36. The zero-order valence-electron chi connectivity index (χ0n) is 10.7. The molecule has 0 aromatic carbocycles. The van der Waals surface area contributed by atoms with Gasteiger partial charge in [-0.25, -0.2) is 0 Å². The Morgan fingerprint density at radius 3 is 3.18 bits per heavy atom. The molecule has 1 aromatic heterocycles. The lowest BCUT2D eigenvalue weighted by molar-refractivity contribution is 0.0156. The number of aliphatic hydroxyl groups is 1. The van der Waals surface area contributed by atoms with Crippen molar-refractivity contribution in [2.75, 3.05) is 13.6 Å². The van der Waals surface area contributed by atoms with Crippen LogP contribution in [0.3, 0.4) is 0 Å². The number of aryl methyl sites for hydroxylation is 1. The SMILES string of the molecule is CNCCC(C)(O)C1CCCc2cccnc21. The highest BCUT2D eigenvalue weighted by atomic mass is 16.3. The molecule has 2 N–H and O–H groups in total. The van der Waals surface area contributed by atoms with E-state index in [1.54, 1.807) is 0 Å². The summed E-state index contributed by atoms with van der Waals surface area (Å²) in [5, 5.41) is 13.7. The Bertz CT molecular complexity index is 376. The van der Waals surface area contributed by atoms with Gasteiger partial charge in [0.05, 0.1) is 5.60 Å². The summed E-state index contributed by atoms with van der Waals surface area (Å²) in [5.74, 6) is 0.181. The summed E-state index contributed by atoms with van der Waals surface area (Å²) in [6.45, 7) is 2.78. The molecule has 1 aliphatic rings. The van der Waals surface area contributed by atoms with Crippen LogP contribution in [-0.2, 0) is 6.42 Å². The van der Waals surface area contributed by atoms with Crippen molar-refractivity contribution in [3.05, 3.63) is 29.6 Å². The molecule has 0 amide bonds. The van der Waals surface area contributed by atoms with Crippen LogP contribution in [0.5, 0.6) is 0 Å². The van der Waals surface area contributed by atoms with Gasteiger partial charge in [0.2, 0.25) is 0 Å². The molecule has 0 fully saturated rings. The monoisotopic (exact) mass is 234 g/mol. The van der Waals surface area contributed by atoms with Crippen LogP contribution >= 0.6 is 0 Å². The first-order chi connectivity index (χ1) is 8.15. The molecule has 17 heavy (non-hydrogen) atoms. The number of rotatable bonds is 4. The van der Waals surface area contributed by atoms with Gasteiger partial charge in [0.15, 0.2) is 0 Å². The van der Waals surface area contributed by atoms with Gasteiger partial charge < -0.3 is 10.4 Å². The van der Waals surface area contributed by atoms with E-state index < -0.39 is 5.60 Å². The van der Waals surface area contributed by atoms with Crippen LogP contribution in [0.4, 0.5) is 0 Å². The number of nitrogens with one attached hydrogen (secondary N) is 1. The Morgan fingerprint density at radius 2 is 2.41 bits per heavy atom. The van der Waals surface area contributed by atoms with E-state index in [2.05, 4.69) is 16.4 Å². The lowest BCUT2D eigenvalue weighted by atomic mass is 9.75. The minimum atomic E-state index is -0.660. The number of aromatic nitrogens is 1. The number of fused-ring (bicyclic) bond motifs is 1. The fourth-order valence-corrected chi connectivity index (χ4v) is 2.77. The smallest absolute Gasteiger partial charge is 0.0715 e. The van der Waals surface area contributed by atoms with Crippen LogP contribution in [0, 0.1) is 0 Å². The molecule has 0 saturated heterocycles. The average Bonchev–Trinajstić information content (AvgIpc) is 2.36. The first kappa shape index (κ1) is 12.5. The maximum Gasteiger partial charge on any atom is 0.0715 e. The maximum atomic E-state index is 10.6. The van der Waals surface area contributed by atoms with Crippen molar-refractivity contribution in [3.63, 3.8) is 0 Å². The van der Waals surface area contributed by atoms with Gasteiger partial charge in [-0.05, 0) is 57.8 Å². The van der Waals surface area contributed by atoms with Crippen molar-refractivity contribution in [1.29, 1.82) is 0 Å². The minimum Gasteiger partial charge on any atom is -0.389 e. The standard InChI is InChI=1S/C14H22N2O/c1-14(17,8-10-15-2)12-7-3-5-11-6-4-9-16-13(11)12/h4,6,9,12,15,17H,3,5,7-8,10H2,1-2H3. The summed E-state index contributed by atoms with van der Waals surface area (Å²) in [6.07, 6.45) is 5.90. The van der Waals surface area contributed by atoms with Gasteiger partial charge in [0.25, 0.3) is 0 Å². The van der Waals surface area contributed by atoms with Crippen molar-refractivity contribution >= 4 is 0 Å². The average molecular weight is 234 g/mol. The Morgan fingerprint density at radius 1 is 1.59 bits per heavy atom. The third-order valence-corrected chi connectivity index (χ3v) is 3.83. The molecule has 2 atom stereocenters. The van der Waals surface area contributed by atoms with Crippen molar-refractivity contribution in [1.82, 2.24) is 10.3 Å². The van der Waals surface area contributed by atoms with Crippen LogP contribution in [0.2, 0.25) is 0 Å². The van der Waals surface area contributed by atoms with E-state index in [1.165, 1.54) is 5.56 Å². The van der Waals surface area contributed by atoms with Crippen molar-refractivity contribution in [2.45, 2.75) is 44.1 Å². The number of pyridine rings is 1. The van der Waals surface area contributed by atoms with E-state index in [9.17, 15) is 5.11 Å². The van der Waals surface area contributed by atoms with Gasteiger partial charge in [-0.1, -0.05) is 6.07 Å². The van der Waals surface area contributed by atoms with Crippen LogP contribution in [0.15, 0.2) is 18.3 Å². The summed E-state index contributed by atoms with van der Waals surface area (Å²) >= 11 is 0. The topological polar surface area (TPSA) is 45.1 Å². The Kier molecular flexibility index (Phi) is 3.79. The molecule has 0 radical (unpaired) electrons. The summed E-state index contributed by atoms with van der Waals surface area (Å²) in [6, 6.07) is 4.13. The molecule has 2 unspecified atom stereocenters. The van der Waals surface area contributed by atoms with Gasteiger partial charge in [-0.2, -0.15) is 0 Å². The quantitative estimate of drug-likeness (QED) is 0.836. The van der Waals surface area contributed by atoms with E-state index in [4.69, 9.17) is 0 Å². The van der Waals surface area contributed by atoms with Gasteiger partial charge in [-0.15, -0.1) is 0 Å². The highest BCUT2D eigenvalue weighted by Crippen LogP contribution is 2.39. The highest BCUT2D eigenvalue weighted by molar-refractivity contribution is 5.28. The molecular formula is C14H22N2O. The fraction of sp³-hybridized carbons (Fsp3) is 0.643. The van der Waals surface area contributed by atoms with Crippen molar-refractivity contribution in [3.8, 4) is 0 Å². The second kappa shape index (κ2) is 5.15. The summed E-state index contributed by atoms with van der Waals surface area (Å²) in [5.41, 5.74) is 1.76. The Balaban J connectivity index is 2.22. The zero-order chi connectivity index (χ0) is 12.3. The Hall–Kier alpha value is -0.930. The summed E-state index contributed by atoms with van der Waals surface area (Å²) in [7, 11) is 1.92. The van der Waals surface area contributed by atoms with Gasteiger partial charge >= 0.3 is 0 Å². The molecule has 1 aliphatic carbocycles. The number of hydrogen-bond acceptors (Lipinski definition) is 3. The molecule has 94 valence electrons. The first-order valence-corrected chi connectivity index (χ1v) is 6.46. The van der Waals surface area contributed by atoms with E-state index in [1.807, 2.05) is 26.2 Å². The predicted octanol–water partition coefficient (Wildman–Crippen LogP) is 1.86. The van der Waals surface area contributed by atoms with Gasteiger partial charge in [-0.3, -0.25) is 4.98 Å². The highest BCUT2D eigenvalue weighted by Gasteiger charge is 2.36. The van der Waals surface area contributed by atoms with Gasteiger partial charge in [0, 0.05) is 17.8 Å². The first-order valence-electron chi connectivity index (χ1n) is 6.46. The zero-order valence-corrected chi connectivity index (χ0v) is 10.7. The van der Waals surface area contributed by atoms with Crippen molar-refractivity contribution in [2.24, 2.45) is 0 Å². The summed E-state index contributed by atoms with van der Waals surface area (Å²) < 4.78 is 0. The summed E-state index contributed by atoms with van der Waals surface area (Å²) in [4.78, 5) is 4.49. The predicted molar refractivity (Wildman–Crippen MR) is 69.1 cm³/mol. The van der Waals surface area contributed by atoms with Gasteiger partial charge in [0.1, 0.15) is 0 Å².